The lowest BCUT2D eigenvalue weighted by atomic mass is 10.1. The molecule has 20 heavy (non-hydrogen) atoms. The Bertz CT molecular complexity index is 485. The summed E-state index contributed by atoms with van der Waals surface area (Å²) in [5.74, 6) is 4.36. The summed E-state index contributed by atoms with van der Waals surface area (Å²) >= 11 is 0. The predicted molar refractivity (Wildman–Crippen MR) is 73.3 cm³/mol. The summed E-state index contributed by atoms with van der Waals surface area (Å²) in [4.78, 5) is 13.6. The van der Waals surface area contributed by atoms with Crippen LogP contribution in [0.1, 0.15) is 29.8 Å². The average Bonchev–Trinajstić information content (AvgIpc) is 2.39. The zero-order valence-electron chi connectivity index (χ0n) is 11.7. The molecule has 0 spiro atoms. The van der Waals surface area contributed by atoms with E-state index in [9.17, 15) is 9.18 Å². The average molecular weight is 281 g/mol. The molecule has 1 aliphatic rings. The molecule has 110 valence electrons. The Morgan fingerprint density at radius 2 is 2.10 bits per heavy atom. The number of hydrogen-bond donors (Lipinski definition) is 2. The molecule has 1 heterocycles. The van der Waals surface area contributed by atoms with Crippen molar-refractivity contribution in [3.8, 4) is 0 Å². The van der Waals surface area contributed by atoms with E-state index < -0.39 is 5.91 Å². The molecule has 2 rings (SSSR count). The van der Waals surface area contributed by atoms with Crippen LogP contribution in [0.25, 0.3) is 0 Å². The zero-order valence-corrected chi connectivity index (χ0v) is 11.7. The van der Waals surface area contributed by atoms with Crippen LogP contribution in [0.5, 0.6) is 0 Å². The third-order valence-corrected chi connectivity index (χ3v) is 3.33. The minimum atomic E-state index is -0.421. The summed E-state index contributed by atoms with van der Waals surface area (Å²) in [5, 5.41) is 0. The van der Waals surface area contributed by atoms with E-state index in [2.05, 4.69) is 10.3 Å². The van der Waals surface area contributed by atoms with Gasteiger partial charge in [0.15, 0.2) is 0 Å². The van der Waals surface area contributed by atoms with Gasteiger partial charge in [0.05, 0.1) is 12.2 Å². The number of halogens is 1. The number of nitrogen functional groups attached to an aromatic ring is 1. The van der Waals surface area contributed by atoms with Crippen LogP contribution in [-0.4, -0.2) is 36.1 Å². The quantitative estimate of drug-likeness (QED) is 0.493. The second-order valence-corrected chi connectivity index (χ2v) is 5.23. The van der Waals surface area contributed by atoms with Gasteiger partial charge in [0.25, 0.3) is 5.91 Å². The van der Waals surface area contributed by atoms with E-state index in [1.54, 1.807) is 6.07 Å². The van der Waals surface area contributed by atoms with Crippen molar-refractivity contribution in [2.75, 3.05) is 13.1 Å². The number of nitrogens with one attached hydrogen (secondary N) is 1. The van der Waals surface area contributed by atoms with Crippen LogP contribution >= 0.6 is 0 Å². The van der Waals surface area contributed by atoms with Crippen molar-refractivity contribution in [2.45, 2.75) is 32.6 Å². The summed E-state index contributed by atoms with van der Waals surface area (Å²) in [7, 11) is 0. The number of benzene rings is 1. The van der Waals surface area contributed by atoms with Crippen molar-refractivity contribution >= 4 is 5.91 Å². The first kappa shape index (κ1) is 14.9. The first-order chi connectivity index (χ1) is 9.49. The summed E-state index contributed by atoms with van der Waals surface area (Å²) in [5.41, 5.74) is 2.90. The molecule has 1 saturated heterocycles. The molecule has 0 unspecified atom stereocenters. The highest BCUT2D eigenvalue weighted by molar-refractivity contribution is 5.93. The van der Waals surface area contributed by atoms with Crippen molar-refractivity contribution in [1.29, 1.82) is 0 Å². The van der Waals surface area contributed by atoms with Gasteiger partial charge in [-0.15, -0.1) is 0 Å². The van der Waals surface area contributed by atoms with Gasteiger partial charge in [-0.1, -0.05) is 0 Å². The molecule has 6 heteroatoms. The molecule has 1 aromatic rings. The number of carbonyl (C=O) groups excluding carboxylic acids is 1. The van der Waals surface area contributed by atoms with Gasteiger partial charge >= 0.3 is 0 Å². The maximum absolute atomic E-state index is 13.9. The Morgan fingerprint density at radius 3 is 2.70 bits per heavy atom. The maximum atomic E-state index is 13.9. The van der Waals surface area contributed by atoms with Gasteiger partial charge in [0, 0.05) is 30.8 Å². The van der Waals surface area contributed by atoms with Gasteiger partial charge in [-0.2, -0.15) is 0 Å². The lowest BCUT2D eigenvalue weighted by Crippen LogP contribution is -2.45. The van der Waals surface area contributed by atoms with Crippen molar-refractivity contribution in [1.82, 2.24) is 10.3 Å². The number of nitrogens with zero attached hydrogens (tertiary/aromatic N) is 1. The lowest BCUT2D eigenvalue weighted by Gasteiger charge is -2.35. The molecule has 2 atom stereocenters. The fourth-order valence-electron chi connectivity index (χ4n) is 2.57. The fourth-order valence-corrected chi connectivity index (χ4v) is 2.57. The SMILES string of the molecule is C[C@@H]1CN(Cc2cc(C(=O)NN)ccc2F)C[C@H](C)O1. The van der Waals surface area contributed by atoms with Crippen LogP contribution in [0.15, 0.2) is 18.2 Å². The molecule has 0 bridgehead atoms. The Morgan fingerprint density at radius 1 is 1.45 bits per heavy atom. The van der Waals surface area contributed by atoms with Gasteiger partial charge in [-0.05, 0) is 32.0 Å². The number of amides is 1. The van der Waals surface area contributed by atoms with E-state index in [1.165, 1.54) is 12.1 Å². The minimum Gasteiger partial charge on any atom is -0.373 e. The van der Waals surface area contributed by atoms with E-state index in [0.29, 0.717) is 17.7 Å². The number of ether oxygens (including phenoxy) is 1. The standard InChI is InChI=1S/C14H20FN3O2/c1-9-6-18(7-10(2)20-9)8-12-5-11(14(19)17-16)3-4-13(12)15/h3-5,9-10H,6-8,16H2,1-2H3,(H,17,19)/t9-,10+. The molecule has 3 N–H and O–H groups in total. The third-order valence-electron chi connectivity index (χ3n) is 3.33. The predicted octanol–water partition coefficient (Wildman–Crippen LogP) is 1.04. The molecule has 1 aliphatic heterocycles. The van der Waals surface area contributed by atoms with E-state index in [0.717, 1.165) is 13.1 Å². The van der Waals surface area contributed by atoms with Crippen LogP contribution in [0.4, 0.5) is 4.39 Å². The van der Waals surface area contributed by atoms with Crippen molar-refractivity contribution in [3.63, 3.8) is 0 Å². The fraction of sp³-hybridized carbons (Fsp3) is 0.500. The molecule has 1 fully saturated rings. The van der Waals surface area contributed by atoms with Crippen LogP contribution in [0, 0.1) is 5.82 Å². The molecule has 1 aromatic carbocycles. The lowest BCUT2D eigenvalue weighted by molar-refractivity contribution is -0.0707. The number of nitrogens with two attached hydrogens (primary N) is 1. The third kappa shape index (κ3) is 3.53. The summed E-state index contributed by atoms with van der Waals surface area (Å²) in [6.45, 7) is 5.94. The highest BCUT2D eigenvalue weighted by Gasteiger charge is 2.23. The van der Waals surface area contributed by atoms with Crippen LogP contribution in [0.3, 0.4) is 0 Å². The minimum absolute atomic E-state index is 0.123. The van der Waals surface area contributed by atoms with E-state index in [1.807, 2.05) is 13.8 Å². The zero-order chi connectivity index (χ0) is 14.7. The number of hydrogen-bond acceptors (Lipinski definition) is 4. The monoisotopic (exact) mass is 281 g/mol. The Balaban J connectivity index is 2.13. The van der Waals surface area contributed by atoms with Crippen LogP contribution in [-0.2, 0) is 11.3 Å². The summed E-state index contributed by atoms with van der Waals surface area (Å²) in [6, 6.07) is 4.27. The molecule has 0 aromatic heterocycles. The highest BCUT2D eigenvalue weighted by Crippen LogP contribution is 2.17. The normalized spacial score (nSPS) is 23.6. The number of carbonyl (C=O) groups is 1. The second kappa shape index (κ2) is 6.30. The first-order valence-electron chi connectivity index (χ1n) is 6.66. The maximum Gasteiger partial charge on any atom is 0.265 e. The van der Waals surface area contributed by atoms with Crippen LogP contribution < -0.4 is 11.3 Å². The second-order valence-electron chi connectivity index (χ2n) is 5.23. The van der Waals surface area contributed by atoms with E-state index in [-0.39, 0.29) is 18.0 Å². The molecule has 0 saturated carbocycles. The number of rotatable bonds is 3. The Kier molecular flexibility index (Phi) is 4.69. The van der Waals surface area contributed by atoms with Gasteiger partial charge in [-0.25, -0.2) is 10.2 Å². The largest absolute Gasteiger partial charge is 0.373 e. The molecule has 1 amide bonds. The first-order valence-corrected chi connectivity index (χ1v) is 6.66. The van der Waals surface area contributed by atoms with Crippen molar-refractivity contribution in [3.05, 3.63) is 35.1 Å². The number of morpholine rings is 1. The molecule has 0 aliphatic carbocycles. The smallest absolute Gasteiger partial charge is 0.265 e. The molecular weight excluding hydrogens is 261 g/mol. The molecular formula is C14H20FN3O2. The van der Waals surface area contributed by atoms with Gasteiger partial charge in [0.1, 0.15) is 5.82 Å². The van der Waals surface area contributed by atoms with Crippen LogP contribution in [0.2, 0.25) is 0 Å². The summed E-state index contributed by atoms with van der Waals surface area (Å²) in [6.07, 6.45) is 0.245. The van der Waals surface area contributed by atoms with Gasteiger partial charge < -0.3 is 4.74 Å². The molecule has 0 radical (unpaired) electrons. The van der Waals surface area contributed by atoms with E-state index >= 15 is 0 Å². The summed E-state index contributed by atoms with van der Waals surface area (Å²) < 4.78 is 19.5. The van der Waals surface area contributed by atoms with E-state index in [4.69, 9.17) is 10.6 Å². The Hall–Kier alpha value is -1.50. The highest BCUT2D eigenvalue weighted by atomic mass is 19.1. The number of hydrazine groups is 1. The topological polar surface area (TPSA) is 67.6 Å². The van der Waals surface area contributed by atoms with Crippen molar-refractivity contribution < 1.29 is 13.9 Å². The Labute approximate surface area is 117 Å². The molecule has 5 nitrogen and oxygen atoms in total. The van der Waals surface area contributed by atoms with Crippen molar-refractivity contribution in [2.24, 2.45) is 5.84 Å². The van der Waals surface area contributed by atoms with Gasteiger partial charge in [0.2, 0.25) is 0 Å². The van der Waals surface area contributed by atoms with Gasteiger partial charge in [-0.3, -0.25) is 15.1 Å².